The summed E-state index contributed by atoms with van der Waals surface area (Å²) in [6.45, 7) is 2.23. The van der Waals surface area contributed by atoms with Crippen LogP contribution in [0.1, 0.15) is 22.8 Å². The third-order valence-electron chi connectivity index (χ3n) is 5.37. The summed E-state index contributed by atoms with van der Waals surface area (Å²) in [5, 5.41) is 14.5. The number of carbonyl (C=O) groups is 2. The van der Waals surface area contributed by atoms with Crippen molar-refractivity contribution in [2.45, 2.75) is 20.0 Å². The Balaban J connectivity index is 1.61. The molecule has 0 spiro atoms. The molecule has 0 saturated heterocycles. The van der Waals surface area contributed by atoms with Crippen molar-refractivity contribution < 1.29 is 19.1 Å². The molecule has 0 fully saturated rings. The number of carbonyl (C=O) groups excluding carboxylic acids is 1. The van der Waals surface area contributed by atoms with E-state index in [1.807, 2.05) is 0 Å². The Morgan fingerprint density at radius 3 is 2.66 bits per heavy atom. The summed E-state index contributed by atoms with van der Waals surface area (Å²) in [6, 6.07) is 10.1. The molecule has 3 heterocycles. The van der Waals surface area contributed by atoms with Crippen LogP contribution in [-0.4, -0.2) is 31.6 Å². The van der Waals surface area contributed by atoms with Gasteiger partial charge in [0.1, 0.15) is 22.8 Å². The van der Waals surface area contributed by atoms with Crippen LogP contribution in [0.4, 0.5) is 20.7 Å². The van der Waals surface area contributed by atoms with Gasteiger partial charge in [-0.25, -0.2) is 19.0 Å². The number of amides is 2. The molecule has 11 heteroatoms. The van der Waals surface area contributed by atoms with E-state index in [1.165, 1.54) is 28.8 Å². The van der Waals surface area contributed by atoms with E-state index in [0.29, 0.717) is 11.3 Å². The van der Waals surface area contributed by atoms with Crippen LogP contribution in [0, 0.1) is 5.82 Å². The number of aromatic carboxylic acids is 1. The quantitative estimate of drug-likeness (QED) is 0.333. The predicted molar refractivity (Wildman–Crippen MR) is 129 cm³/mol. The second-order valence-electron chi connectivity index (χ2n) is 7.57. The van der Waals surface area contributed by atoms with Gasteiger partial charge in [0, 0.05) is 31.0 Å². The van der Waals surface area contributed by atoms with Crippen molar-refractivity contribution in [3.63, 3.8) is 0 Å². The number of hydrogen-bond donors (Lipinski definition) is 4. The number of halogens is 1. The van der Waals surface area contributed by atoms with Gasteiger partial charge in [-0.2, -0.15) is 0 Å². The second kappa shape index (κ2) is 9.59. The summed E-state index contributed by atoms with van der Waals surface area (Å²) in [5.74, 6) is -2.31. The third kappa shape index (κ3) is 4.64. The van der Waals surface area contributed by atoms with E-state index in [0.717, 1.165) is 5.56 Å². The Bertz CT molecular complexity index is 1500. The fourth-order valence-corrected chi connectivity index (χ4v) is 3.65. The summed E-state index contributed by atoms with van der Waals surface area (Å²) in [5.41, 5.74) is 6.37. The molecule has 0 aliphatic rings. The highest BCUT2D eigenvalue weighted by atomic mass is 19.1. The van der Waals surface area contributed by atoms with Crippen LogP contribution in [0.5, 0.6) is 0 Å². The number of anilines is 2. The maximum Gasteiger partial charge on any atom is 0.343 e. The summed E-state index contributed by atoms with van der Waals surface area (Å²) >= 11 is 0. The van der Waals surface area contributed by atoms with E-state index in [-0.39, 0.29) is 35.6 Å². The lowest BCUT2D eigenvalue weighted by atomic mass is 10.1. The number of nitrogen functional groups attached to an aromatic ring is 1. The first-order chi connectivity index (χ1) is 16.8. The first kappa shape index (κ1) is 23.4. The van der Waals surface area contributed by atoms with E-state index < -0.39 is 28.8 Å². The molecular formula is C24H21FN6O4. The van der Waals surface area contributed by atoms with Crippen LogP contribution in [0.2, 0.25) is 0 Å². The maximum absolute atomic E-state index is 14.8. The molecular weight excluding hydrogens is 455 g/mol. The van der Waals surface area contributed by atoms with E-state index in [9.17, 15) is 23.9 Å². The zero-order chi connectivity index (χ0) is 25.1. The van der Waals surface area contributed by atoms with Crippen molar-refractivity contribution in [3.8, 4) is 11.3 Å². The molecule has 0 aliphatic carbocycles. The number of urea groups is 1. The Hall–Kier alpha value is -4.80. The normalized spacial score (nSPS) is 10.8. The zero-order valence-corrected chi connectivity index (χ0v) is 18.6. The number of carboxylic acids is 1. The molecule has 2 amide bonds. The molecule has 0 saturated carbocycles. The number of rotatable bonds is 6. The summed E-state index contributed by atoms with van der Waals surface area (Å²) in [4.78, 5) is 44.7. The zero-order valence-electron chi connectivity index (χ0n) is 18.6. The Labute approximate surface area is 198 Å². The van der Waals surface area contributed by atoms with Crippen LogP contribution in [0.25, 0.3) is 22.3 Å². The first-order valence-corrected chi connectivity index (χ1v) is 10.6. The van der Waals surface area contributed by atoms with Gasteiger partial charge < -0.3 is 26.0 Å². The summed E-state index contributed by atoms with van der Waals surface area (Å²) in [7, 11) is 0. The smallest absolute Gasteiger partial charge is 0.343 e. The molecule has 3 aromatic heterocycles. The molecule has 0 aliphatic heterocycles. The fraction of sp³-hybridized carbons (Fsp3) is 0.125. The number of nitrogens with one attached hydrogen (secondary N) is 2. The number of fused-ring (bicyclic) bond motifs is 1. The SMILES string of the molecule is CCn1c(N)c(C(=O)O)c(=O)c2ccc(-c3ccc(NC(=O)NCc4cccnc4)c(F)c3)nc21. The lowest BCUT2D eigenvalue weighted by Gasteiger charge is -2.15. The predicted octanol–water partition coefficient (Wildman–Crippen LogP) is 3.22. The Morgan fingerprint density at radius 1 is 1.20 bits per heavy atom. The number of aromatic nitrogens is 3. The van der Waals surface area contributed by atoms with Crippen molar-refractivity contribution in [2.24, 2.45) is 0 Å². The Kier molecular flexibility index (Phi) is 6.40. The van der Waals surface area contributed by atoms with Gasteiger partial charge in [0.2, 0.25) is 5.43 Å². The topological polar surface area (TPSA) is 152 Å². The van der Waals surface area contributed by atoms with E-state index in [2.05, 4.69) is 20.6 Å². The minimum absolute atomic E-state index is 0.0287. The van der Waals surface area contributed by atoms with Gasteiger partial charge in [-0.1, -0.05) is 12.1 Å². The summed E-state index contributed by atoms with van der Waals surface area (Å²) < 4.78 is 16.2. The van der Waals surface area contributed by atoms with Crippen LogP contribution in [0.15, 0.2) is 59.7 Å². The molecule has 0 bridgehead atoms. The van der Waals surface area contributed by atoms with E-state index >= 15 is 0 Å². The van der Waals surface area contributed by atoms with Crippen molar-refractivity contribution >= 4 is 34.5 Å². The van der Waals surface area contributed by atoms with Crippen LogP contribution in [0.3, 0.4) is 0 Å². The standard InChI is InChI=1S/C24H21FN6O4/c1-2-31-21(26)19(23(33)34)20(32)15-6-8-17(29-22(15)31)14-5-7-18(16(25)10-14)30-24(35)28-12-13-4-3-9-27-11-13/h3-11H,2,12,26H2,1H3,(H,33,34)(H2,28,30,35). The second-order valence-corrected chi connectivity index (χ2v) is 7.57. The van der Waals surface area contributed by atoms with Gasteiger partial charge in [-0.3, -0.25) is 9.78 Å². The molecule has 0 atom stereocenters. The molecule has 0 unspecified atom stereocenters. The number of benzene rings is 1. The first-order valence-electron chi connectivity index (χ1n) is 10.6. The van der Waals surface area contributed by atoms with Gasteiger partial charge in [0.05, 0.1) is 16.8 Å². The molecule has 0 radical (unpaired) electrons. The number of hydrogen-bond acceptors (Lipinski definition) is 6. The van der Waals surface area contributed by atoms with Gasteiger partial charge in [0.25, 0.3) is 0 Å². The van der Waals surface area contributed by atoms with E-state index in [4.69, 9.17) is 5.73 Å². The summed E-state index contributed by atoms with van der Waals surface area (Å²) in [6.07, 6.45) is 3.23. The van der Waals surface area contributed by atoms with Crippen molar-refractivity contribution in [2.75, 3.05) is 11.1 Å². The monoisotopic (exact) mass is 476 g/mol. The highest BCUT2D eigenvalue weighted by Crippen LogP contribution is 2.26. The number of aryl methyl sites for hydroxylation is 1. The molecule has 35 heavy (non-hydrogen) atoms. The van der Waals surface area contributed by atoms with Crippen LogP contribution >= 0.6 is 0 Å². The largest absolute Gasteiger partial charge is 0.477 e. The molecule has 4 aromatic rings. The number of nitrogens with two attached hydrogens (primary N) is 1. The van der Waals surface area contributed by atoms with Crippen LogP contribution < -0.4 is 21.8 Å². The molecule has 1 aromatic carbocycles. The molecule has 5 N–H and O–H groups in total. The lowest BCUT2D eigenvalue weighted by Crippen LogP contribution is -2.28. The van der Waals surface area contributed by atoms with Gasteiger partial charge in [0.15, 0.2) is 0 Å². The average molecular weight is 476 g/mol. The highest BCUT2D eigenvalue weighted by molar-refractivity contribution is 5.97. The number of pyridine rings is 3. The van der Waals surface area contributed by atoms with Gasteiger partial charge >= 0.3 is 12.0 Å². The molecule has 178 valence electrons. The fourth-order valence-electron chi connectivity index (χ4n) is 3.65. The van der Waals surface area contributed by atoms with Crippen LogP contribution in [-0.2, 0) is 13.1 Å². The molecule has 10 nitrogen and oxygen atoms in total. The van der Waals surface area contributed by atoms with Crippen molar-refractivity contribution in [1.82, 2.24) is 19.9 Å². The number of nitrogens with zero attached hydrogens (tertiary/aromatic N) is 3. The van der Waals surface area contributed by atoms with E-state index in [1.54, 1.807) is 37.5 Å². The maximum atomic E-state index is 14.8. The number of carboxylic acid groups (broad SMARTS) is 1. The third-order valence-corrected chi connectivity index (χ3v) is 5.37. The Morgan fingerprint density at radius 2 is 2.00 bits per heavy atom. The van der Waals surface area contributed by atoms with Gasteiger partial charge in [-0.15, -0.1) is 0 Å². The lowest BCUT2D eigenvalue weighted by molar-refractivity contribution is 0.0696. The minimum Gasteiger partial charge on any atom is -0.477 e. The molecule has 4 rings (SSSR count). The van der Waals surface area contributed by atoms with Crippen molar-refractivity contribution in [1.29, 1.82) is 0 Å². The highest BCUT2D eigenvalue weighted by Gasteiger charge is 2.21. The van der Waals surface area contributed by atoms with Gasteiger partial charge in [-0.05, 0) is 42.8 Å². The minimum atomic E-state index is -1.42. The van der Waals surface area contributed by atoms with Crippen molar-refractivity contribution in [3.05, 3.63) is 82.0 Å². The average Bonchev–Trinajstić information content (AvgIpc) is 2.84.